The molecule has 0 unspecified atom stereocenters. The third-order valence-corrected chi connectivity index (χ3v) is 1.75. The van der Waals surface area contributed by atoms with Crippen LogP contribution in [-0.4, -0.2) is 24.5 Å². The molecule has 0 atom stereocenters. The van der Waals surface area contributed by atoms with Crippen molar-refractivity contribution in [3.05, 3.63) is 0 Å². The van der Waals surface area contributed by atoms with Crippen LogP contribution in [0.5, 0.6) is 0 Å². The summed E-state index contributed by atoms with van der Waals surface area (Å²) in [6.07, 6.45) is 8.86. The molecule has 10 heavy (non-hydrogen) atoms. The summed E-state index contributed by atoms with van der Waals surface area (Å²) in [5, 5.41) is 0. The lowest BCUT2D eigenvalue weighted by Crippen LogP contribution is -1.82. The van der Waals surface area contributed by atoms with E-state index in [1.807, 2.05) is 12.4 Å². The normalized spacial score (nSPS) is 26.8. The van der Waals surface area contributed by atoms with Crippen molar-refractivity contribution >= 4 is 12.4 Å². The van der Waals surface area contributed by atoms with Crippen LogP contribution in [0.1, 0.15) is 25.7 Å². The van der Waals surface area contributed by atoms with E-state index >= 15 is 0 Å². The zero-order valence-corrected chi connectivity index (χ0v) is 6.03. The molecule has 0 heterocycles. The van der Waals surface area contributed by atoms with Crippen molar-refractivity contribution in [2.24, 2.45) is 9.98 Å². The van der Waals surface area contributed by atoms with Crippen LogP contribution < -0.4 is 0 Å². The van der Waals surface area contributed by atoms with E-state index in [9.17, 15) is 0 Å². The maximum Gasteiger partial charge on any atom is 0.0501 e. The summed E-state index contributed by atoms with van der Waals surface area (Å²) in [4.78, 5) is 8.52. The van der Waals surface area contributed by atoms with Crippen LogP contribution in [0, 0.1) is 0 Å². The van der Waals surface area contributed by atoms with E-state index in [1.165, 1.54) is 25.7 Å². The molecule has 2 aliphatic rings. The lowest BCUT2D eigenvalue weighted by molar-refractivity contribution is 1.07. The first-order valence-electron chi connectivity index (χ1n) is 4.00. The van der Waals surface area contributed by atoms with Crippen LogP contribution in [0.25, 0.3) is 0 Å². The Morgan fingerprint density at radius 3 is 1.50 bits per heavy atom. The highest BCUT2D eigenvalue weighted by Crippen LogP contribution is 2.23. The summed E-state index contributed by atoms with van der Waals surface area (Å²) in [6.45, 7) is 0. The van der Waals surface area contributed by atoms with Crippen molar-refractivity contribution < 1.29 is 0 Å². The Morgan fingerprint density at radius 1 is 0.800 bits per heavy atom. The molecule has 2 rings (SSSR count). The van der Waals surface area contributed by atoms with Crippen LogP contribution in [0.2, 0.25) is 0 Å². The molecule has 0 aliphatic heterocycles. The van der Waals surface area contributed by atoms with Gasteiger partial charge in [0, 0.05) is 12.4 Å². The predicted molar refractivity (Wildman–Crippen MR) is 43.0 cm³/mol. The average molecular weight is 136 g/mol. The molecule has 0 N–H and O–H groups in total. The minimum absolute atomic E-state index is 0.644. The first-order valence-corrected chi connectivity index (χ1v) is 4.00. The van der Waals surface area contributed by atoms with Gasteiger partial charge in [0.2, 0.25) is 0 Å². The highest BCUT2D eigenvalue weighted by Gasteiger charge is 2.19. The van der Waals surface area contributed by atoms with Gasteiger partial charge in [0.15, 0.2) is 0 Å². The quantitative estimate of drug-likeness (QED) is 0.525. The molecule has 0 aromatic heterocycles. The van der Waals surface area contributed by atoms with E-state index in [0.29, 0.717) is 12.1 Å². The summed E-state index contributed by atoms with van der Waals surface area (Å²) in [6, 6.07) is 1.29. The Hall–Kier alpha value is -0.660. The predicted octanol–water partition coefficient (Wildman–Crippen LogP) is 1.45. The Morgan fingerprint density at radius 2 is 1.20 bits per heavy atom. The molecule has 2 saturated carbocycles. The standard InChI is InChI=1S/C8H12N2/c1-2-7(1)9-5-6-10-8-3-4-8/h5-8H,1-4H2. The van der Waals surface area contributed by atoms with Crippen molar-refractivity contribution in [1.82, 2.24) is 0 Å². The van der Waals surface area contributed by atoms with Crippen LogP contribution >= 0.6 is 0 Å². The molecule has 2 nitrogen and oxygen atoms in total. The van der Waals surface area contributed by atoms with Gasteiger partial charge in [-0.25, -0.2) is 0 Å². The SMILES string of the molecule is C(C=NC1CC1)=NC1CC1. The second kappa shape index (κ2) is 2.52. The zero-order valence-electron chi connectivity index (χ0n) is 6.03. The molecule has 2 aliphatic carbocycles. The van der Waals surface area contributed by atoms with E-state index < -0.39 is 0 Å². The van der Waals surface area contributed by atoms with Gasteiger partial charge < -0.3 is 0 Å². The maximum atomic E-state index is 4.26. The number of hydrogen-bond acceptors (Lipinski definition) is 2. The van der Waals surface area contributed by atoms with E-state index in [0.717, 1.165) is 0 Å². The van der Waals surface area contributed by atoms with Crippen molar-refractivity contribution in [1.29, 1.82) is 0 Å². The highest BCUT2D eigenvalue weighted by atomic mass is 14.9. The van der Waals surface area contributed by atoms with Crippen LogP contribution in [0.4, 0.5) is 0 Å². The summed E-state index contributed by atoms with van der Waals surface area (Å²) >= 11 is 0. The molecule has 0 aromatic rings. The minimum atomic E-state index is 0.644. The Bertz CT molecular complexity index is 144. The number of nitrogens with zero attached hydrogens (tertiary/aromatic N) is 2. The molecule has 0 aromatic carbocycles. The molecular weight excluding hydrogens is 124 g/mol. The smallest absolute Gasteiger partial charge is 0.0501 e. The molecule has 54 valence electrons. The Labute approximate surface area is 61.1 Å². The van der Waals surface area contributed by atoms with Crippen LogP contribution in [-0.2, 0) is 0 Å². The Kier molecular flexibility index (Phi) is 1.53. The second-order valence-electron chi connectivity index (χ2n) is 3.06. The van der Waals surface area contributed by atoms with Crippen molar-refractivity contribution in [3.63, 3.8) is 0 Å². The van der Waals surface area contributed by atoms with Gasteiger partial charge in [0.25, 0.3) is 0 Å². The third kappa shape index (κ3) is 1.94. The Balaban J connectivity index is 1.68. The lowest BCUT2D eigenvalue weighted by atomic mass is 10.7. The topological polar surface area (TPSA) is 24.7 Å². The van der Waals surface area contributed by atoms with Gasteiger partial charge >= 0.3 is 0 Å². The molecular formula is C8H12N2. The van der Waals surface area contributed by atoms with Crippen molar-refractivity contribution in [3.8, 4) is 0 Å². The number of hydrogen-bond donors (Lipinski definition) is 0. The molecule has 2 fully saturated rings. The van der Waals surface area contributed by atoms with E-state index in [-0.39, 0.29) is 0 Å². The van der Waals surface area contributed by atoms with Crippen molar-refractivity contribution in [2.75, 3.05) is 0 Å². The molecule has 0 saturated heterocycles. The fourth-order valence-corrected chi connectivity index (χ4v) is 0.768. The monoisotopic (exact) mass is 136 g/mol. The molecule has 0 spiro atoms. The second-order valence-corrected chi connectivity index (χ2v) is 3.06. The fraction of sp³-hybridized carbons (Fsp3) is 0.750. The van der Waals surface area contributed by atoms with Gasteiger partial charge in [-0.15, -0.1) is 0 Å². The van der Waals surface area contributed by atoms with Gasteiger partial charge in [0.05, 0.1) is 12.1 Å². The fourth-order valence-electron chi connectivity index (χ4n) is 0.768. The van der Waals surface area contributed by atoms with Gasteiger partial charge in [-0.2, -0.15) is 0 Å². The molecule has 0 bridgehead atoms. The molecule has 2 heteroatoms. The number of aliphatic imine (C=N–C) groups is 2. The first-order chi connectivity index (χ1) is 4.95. The largest absolute Gasteiger partial charge is 0.288 e. The number of rotatable bonds is 3. The van der Waals surface area contributed by atoms with Gasteiger partial charge in [-0.05, 0) is 25.7 Å². The zero-order chi connectivity index (χ0) is 6.81. The van der Waals surface area contributed by atoms with Crippen LogP contribution in [0.15, 0.2) is 9.98 Å². The third-order valence-electron chi connectivity index (χ3n) is 1.75. The van der Waals surface area contributed by atoms with E-state index in [1.54, 1.807) is 0 Å². The van der Waals surface area contributed by atoms with E-state index in [2.05, 4.69) is 9.98 Å². The minimum Gasteiger partial charge on any atom is -0.288 e. The van der Waals surface area contributed by atoms with Gasteiger partial charge in [-0.3, -0.25) is 9.98 Å². The summed E-state index contributed by atoms with van der Waals surface area (Å²) in [7, 11) is 0. The van der Waals surface area contributed by atoms with E-state index in [4.69, 9.17) is 0 Å². The van der Waals surface area contributed by atoms with Crippen molar-refractivity contribution in [2.45, 2.75) is 37.8 Å². The highest BCUT2D eigenvalue weighted by molar-refractivity contribution is 6.16. The molecule has 0 radical (unpaired) electrons. The summed E-state index contributed by atoms with van der Waals surface area (Å²) < 4.78 is 0. The van der Waals surface area contributed by atoms with Gasteiger partial charge in [-0.1, -0.05) is 0 Å². The van der Waals surface area contributed by atoms with Gasteiger partial charge in [0.1, 0.15) is 0 Å². The summed E-state index contributed by atoms with van der Waals surface area (Å²) in [5.74, 6) is 0. The average Bonchev–Trinajstić information content (AvgIpc) is 2.77. The summed E-state index contributed by atoms with van der Waals surface area (Å²) in [5.41, 5.74) is 0. The molecule has 0 amide bonds. The maximum absolute atomic E-state index is 4.26. The van der Waals surface area contributed by atoms with Crippen LogP contribution in [0.3, 0.4) is 0 Å². The first kappa shape index (κ1) is 6.08. The lowest BCUT2D eigenvalue weighted by Gasteiger charge is -1.79.